The summed E-state index contributed by atoms with van der Waals surface area (Å²) in [5, 5.41) is 8.42. The fourth-order valence-electron chi connectivity index (χ4n) is 3.39. The van der Waals surface area contributed by atoms with Crippen molar-refractivity contribution in [2.24, 2.45) is 0 Å². The Kier molecular flexibility index (Phi) is 5.37. The van der Waals surface area contributed by atoms with Crippen molar-refractivity contribution in [3.63, 3.8) is 0 Å². The van der Waals surface area contributed by atoms with Gasteiger partial charge in [0.15, 0.2) is 11.5 Å². The molecule has 6 nitrogen and oxygen atoms in total. The van der Waals surface area contributed by atoms with Gasteiger partial charge >= 0.3 is 0 Å². The molecule has 1 aromatic heterocycles. The summed E-state index contributed by atoms with van der Waals surface area (Å²) in [6.07, 6.45) is 0. The first-order chi connectivity index (χ1) is 14.1. The Hall–Kier alpha value is -3.48. The molecule has 0 saturated carbocycles. The number of carbonyl (C=O) groups excluding carboxylic acids is 1. The molecule has 1 fully saturated rings. The van der Waals surface area contributed by atoms with Crippen LogP contribution in [0.5, 0.6) is 0 Å². The van der Waals surface area contributed by atoms with Crippen LogP contribution in [0, 0.1) is 5.82 Å². The third-order valence-corrected chi connectivity index (χ3v) is 5.11. The minimum absolute atomic E-state index is 0.198. The lowest BCUT2D eigenvalue weighted by molar-refractivity contribution is 0.0987. The van der Waals surface area contributed by atoms with Crippen LogP contribution >= 0.6 is 0 Å². The minimum Gasteiger partial charge on any atom is -0.368 e. The maximum atomic E-state index is 13.1. The van der Waals surface area contributed by atoms with E-state index in [4.69, 9.17) is 0 Å². The number of aromatic nitrogens is 2. The van der Waals surface area contributed by atoms with Gasteiger partial charge < -0.3 is 14.7 Å². The van der Waals surface area contributed by atoms with Gasteiger partial charge in [0.2, 0.25) is 0 Å². The molecule has 0 bridgehead atoms. The predicted octanol–water partition coefficient (Wildman–Crippen LogP) is 3.22. The molecule has 0 spiro atoms. The zero-order valence-corrected chi connectivity index (χ0v) is 16.2. The number of benzene rings is 2. The molecule has 0 atom stereocenters. The van der Waals surface area contributed by atoms with E-state index in [0.29, 0.717) is 5.69 Å². The molecule has 1 saturated heterocycles. The molecule has 0 unspecified atom stereocenters. The molecular weight excluding hydrogens is 369 g/mol. The summed E-state index contributed by atoms with van der Waals surface area (Å²) >= 11 is 0. The van der Waals surface area contributed by atoms with Crippen LogP contribution in [0.25, 0.3) is 0 Å². The Morgan fingerprint density at radius 2 is 1.52 bits per heavy atom. The summed E-state index contributed by atoms with van der Waals surface area (Å²) < 4.78 is 13.1. The molecule has 1 aliphatic heterocycles. The molecule has 2 aromatic carbocycles. The summed E-state index contributed by atoms with van der Waals surface area (Å²) in [5.41, 5.74) is 2.13. The lowest BCUT2D eigenvalue weighted by Crippen LogP contribution is -2.47. The van der Waals surface area contributed by atoms with Crippen LogP contribution in [0.2, 0.25) is 0 Å². The quantitative estimate of drug-likeness (QED) is 0.684. The Bertz CT molecular complexity index is 955. The second-order valence-electron chi connectivity index (χ2n) is 6.93. The molecule has 2 heterocycles. The molecular formula is C22H22FN5O. The smallest absolute Gasteiger partial charge is 0.278 e. The van der Waals surface area contributed by atoms with Gasteiger partial charge in [-0.3, -0.25) is 4.79 Å². The first-order valence-corrected chi connectivity index (χ1v) is 9.54. The van der Waals surface area contributed by atoms with Gasteiger partial charge in [0.1, 0.15) is 5.82 Å². The van der Waals surface area contributed by atoms with E-state index in [1.165, 1.54) is 12.1 Å². The van der Waals surface area contributed by atoms with Gasteiger partial charge in [0.25, 0.3) is 5.91 Å². The van der Waals surface area contributed by atoms with Crippen molar-refractivity contribution in [2.45, 2.75) is 0 Å². The van der Waals surface area contributed by atoms with Crippen molar-refractivity contribution >= 4 is 23.1 Å². The molecule has 0 N–H and O–H groups in total. The second-order valence-corrected chi connectivity index (χ2v) is 6.93. The molecule has 7 heteroatoms. The number of amides is 1. The summed E-state index contributed by atoms with van der Waals surface area (Å²) in [5.74, 6) is 0.328. The van der Waals surface area contributed by atoms with Crippen LogP contribution in [0.3, 0.4) is 0 Å². The summed E-state index contributed by atoms with van der Waals surface area (Å²) in [4.78, 5) is 18.6. The summed E-state index contributed by atoms with van der Waals surface area (Å²) in [7, 11) is 1.72. The van der Waals surface area contributed by atoms with E-state index in [-0.39, 0.29) is 11.7 Å². The lowest BCUT2D eigenvalue weighted by Gasteiger charge is -2.36. The first-order valence-electron chi connectivity index (χ1n) is 9.54. The van der Waals surface area contributed by atoms with Crippen molar-refractivity contribution in [1.29, 1.82) is 0 Å². The predicted molar refractivity (Wildman–Crippen MR) is 112 cm³/mol. The highest BCUT2D eigenvalue weighted by Gasteiger charge is 2.20. The molecule has 0 radical (unpaired) electrons. The Balaban J connectivity index is 1.38. The number of hydrogen-bond acceptors (Lipinski definition) is 5. The zero-order chi connectivity index (χ0) is 20.2. The Morgan fingerprint density at radius 3 is 2.14 bits per heavy atom. The van der Waals surface area contributed by atoms with Crippen molar-refractivity contribution in [3.8, 4) is 0 Å². The molecule has 4 rings (SSSR count). The average Bonchev–Trinajstić information content (AvgIpc) is 2.79. The van der Waals surface area contributed by atoms with Crippen LogP contribution in [-0.4, -0.2) is 49.3 Å². The van der Waals surface area contributed by atoms with E-state index in [1.807, 2.05) is 36.4 Å². The Morgan fingerprint density at radius 1 is 0.862 bits per heavy atom. The standard InChI is InChI=1S/C22H22FN5O/c1-26(18-5-3-2-4-6-18)22(29)20-11-12-21(25-24-20)28-15-13-27(14-16-28)19-9-7-17(23)8-10-19/h2-12H,13-16H2,1H3. The highest BCUT2D eigenvalue weighted by Crippen LogP contribution is 2.20. The number of carbonyl (C=O) groups is 1. The number of para-hydroxylation sites is 1. The normalized spacial score (nSPS) is 14.0. The van der Waals surface area contributed by atoms with Gasteiger partial charge in [-0.1, -0.05) is 18.2 Å². The van der Waals surface area contributed by atoms with E-state index in [0.717, 1.165) is 43.4 Å². The van der Waals surface area contributed by atoms with Crippen LogP contribution in [0.15, 0.2) is 66.7 Å². The molecule has 148 valence electrons. The van der Waals surface area contributed by atoms with Crippen molar-refractivity contribution in [1.82, 2.24) is 10.2 Å². The third-order valence-electron chi connectivity index (χ3n) is 5.11. The van der Waals surface area contributed by atoms with Gasteiger partial charge in [-0.05, 0) is 48.5 Å². The fourth-order valence-corrected chi connectivity index (χ4v) is 3.39. The van der Waals surface area contributed by atoms with Gasteiger partial charge in [0.05, 0.1) is 0 Å². The highest BCUT2D eigenvalue weighted by molar-refractivity contribution is 6.04. The maximum absolute atomic E-state index is 13.1. The third kappa shape index (κ3) is 4.18. The number of rotatable bonds is 4. The molecule has 1 amide bonds. The van der Waals surface area contributed by atoms with Crippen LogP contribution in [0.1, 0.15) is 10.5 Å². The van der Waals surface area contributed by atoms with Gasteiger partial charge in [-0.2, -0.15) is 0 Å². The molecule has 29 heavy (non-hydrogen) atoms. The van der Waals surface area contributed by atoms with Crippen molar-refractivity contribution in [2.75, 3.05) is 47.9 Å². The van der Waals surface area contributed by atoms with Crippen molar-refractivity contribution in [3.05, 3.63) is 78.2 Å². The van der Waals surface area contributed by atoms with Gasteiger partial charge in [-0.25, -0.2) is 4.39 Å². The number of anilines is 3. The van der Waals surface area contributed by atoms with Gasteiger partial charge in [0, 0.05) is 44.6 Å². The fraction of sp³-hybridized carbons (Fsp3) is 0.227. The van der Waals surface area contributed by atoms with Crippen LogP contribution in [-0.2, 0) is 0 Å². The van der Waals surface area contributed by atoms with Crippen molar-refractivity contribution < 1.29 is 9.18 Å². The monoisotopic (exact) mass is 391 g/mol. The number of hydrogen-bond donors (Lipinski definition) is 0. The average molecular weight is 391 g/mol. The van der Waals surface area contributed by atoms with E-state index in [9.17, 15) is 9.18 Å². The first kappa shape index (κ1) is 18.9. The van der Waals surface area contributed by atoms with Gasteiger partial charge in [-0.15, -0.1) is 10.2 Å². The van der Waals surface area contributed by atoms with E-state index in [2.05, 4.69) is 20.0 Å². The second kappa shape index (κ2) is 8.26. The zero-order valence-electron chi connectivity index (χ0n) is 16.2. The molecule has 3 aromatic rings. The summed E-state index contributed by atoms with van der Waals surface area (Å²) in [6, 6.07) is 19.6. The van der Waals surface area contributed by atoms with Crippen LogP contribution < -0.4 is 14.7 Å². The minimum atomic E-state index is -0.227. The van der Waals surface area contributed by atoms with E-state index < -0.39 is 0 Å². The Labute approximate surface area is 169 Å². The number of piperazine rings is 1. The van der Waals surface area contributed by atoms with E-state index in [1.54, 1.807) is 30.1 Å². The SMILES string of the molecule is CN(C(=O)c1ccc(N2CCN(c3ccc(F)cc3)CC2)nn1)c1ccccc1. The number of halogens is 1. The molecule has 1 aliphatic rings. The number of nitrogens with zero attached hydrogens (tertiary/aromatic N) is 5. The van der Waals surface area contributed by atoms with Crippen LogP contribution in [0.4, 0.5) is 21.6 Å². The lowest BCUT2D eigenvalue weighted by atomic mass is 10.2. The van der Waals surface area contributed by atoms with E-state index >= 15 is 0 Å². The largest absolute Gasteiger partial charge is 0.368 e. The topological polar surface area (TPSA) is 52.6 Å². The summed E-state index contributed by atoms with van der Waals surface area (Å²) in [6.45, 7) is 3.18. The highest BCUT2D eigenvalue weighted by atomic mass is 19.1. The maximum Gasteiger partial charge on any atom is 0.278 e. The molecule has 0 aliphatic carbocycles.